The maximum absolute atomic E-state index is 13.8. The van der Waals surface area contributed by atoms with Gasteiger partial charge in [0.15, 0.2) is 0 Å². The summed E-state index contributed by atoms with van der Waals surface area (Å²) < 4.78 is 13.8. The third kappa shape index (κ3) is 4.46. The van der Waals surface area contributed by atoms with E-state index in [-0.39, 0.29) is 19.0 Å². The lowest BCUT2D eigenvalue weighted by molar-refractivity contribution is 0.195. The average Bonchev–Trinajstić information content (AvgIpc) is 2.38. The molecule has 0 amide bonds. The summed E-state index contributed by atoms with van der Waals surface area (Å²) >= 11 is 0. The van der Waals surface area contributed by atoms with Crippen molar-refractivity contribution in [3.05, 3.63) is 35.1 Å². The molecule has 3 nitrogen and oxygen atoms in total. The first-order valence-electron chi connectivity index (χ1n) is 5.92. The van der Waals surface area contributed by atoms with Gasteiger partial charge in [-0.05, 0) is 18.7 Å². The third-order valence-electron chi connectivity index (χ3n) is 2.62. The molecule has 0 unspecified atom stereocenters. The highest BCUT2D eigenvalue weighted by molar-refractivity contribution is 5.37. The van der Waals surface area contributed by atoms with Crippen LogP contribution in [0, 0.1) is 17.7 Å². The number of aliphatic hydroxyl groups excluding tert-OH is 2. The molecule has 1 rings (SSSR count). The van der Waals surface area contributed by atoms with Gasteiger partial charge in [0.25, 0.3) is 0 Å². The largest absolute Gasteiger partial charge is 0.395 e. The van der Waals surface area contributed by atoms with Crippen LogP contribution in [0.3, 0.4) is 0 Å². The van der Waals surface area contributed by atoms with E-state index in [9.17, 15) is 4.39 Å². The summed E-state index contributed by atoms with van der Waals surface area (Å²) in [6.45, 7) is 3.55. The van der Waals surface area contributed by atoms with Crippen molar-refractivity contribution >= 4 is 0 Å². The van der Waals surface area contributed by atoms with Gasteiger partial charge >= 0.3 is 0 Å². The van der Waals surface area contributed by atoms with Gasteiger partial charge in [0.2, 0.25) is 0 Å². The predicted molar refractivity (Wildman–Crippen MR) is 68.4 cm³/mol. The molecule has 0 atom stereocenters. The van der Waals surface area contributed by atoms with Crippen molar-refractivity contribution in [1.29, 1.82) is 0 Å². The van der Waals surface area contributed by atoms with E-state index < -0.39 is 0 Å². The van der Waals surface area contributed by atoms with Crippen LogP contribution < -0.4 is 0 Å². The molecule has 98 valence electrons. The number of benzene rings is 1. The Morgan fingerprint density at radius 2 is 2.11 bits per heavy atom. The van der Waals surface area contributed by atoms with Gasteiger partial charge in [0, 0.05) is 24.2 Å². The van der Waals surface area contributed by atoms with Crippen molar-refractivity contribution in [2.24, 2.45) is 0 Å². The molecule has 0 aliphatic rings. The molecule has 0 heterocycles. The lowest BCUT2D eigenvalue weighted by atomic mass is 10.1. The van der Waals surface area contributed by atoms with Gasteiger partial charge < -0.3 is 10.2 Å². The van der Waals surface area contributed by atoms with Crippen molar-refractivity contribution in [2.45, 2.75) is 13.5 Å². The number of rotatable bonds is 5. The summed E-state index contributed by atoms with van der Waals surface area (Å²) in [5.41, 5.74) is 1.13. The van der Waals surface area contributed by atoms with Crippen molar-refractivity contribution in [3.63, 3.8) is 0 Å². The molecule has 0 aliphatic heterocycles. The molecule has 0 saturated heterocycles. The van der Waals surface area contributed by atoms with Gasteiger partial charge in [-0.1, -0.05) is 24.8 Å². The molecule has 0 fully saturated rings. The number of halogens is 1. The minimum Gasteiger partial charge on any atom is -0.395 e. The lowest BCUT2D eigenvalue weighted by Gasteiger charge is -2.19. The predicted octanol–water partition coefficient (Wildman–Crippen LogP) is 0.984. The first kappa shape index (κ1) is 14.7. The van der Waals surface area contributed by atoms with Gasteiger partial charge in [-0.2, -0.15) is 0 Å². The van der Waals surface area contributed by atoms with Crippen LogP contribution >= 0.6 is 0 Å². The molecule has 4 heteroatoms. The fourth-order valence-corrected chi connectivity index (χ4v) is 1.63. The second-order valence-electron chi connectivity index (χ2n) is 3.86. The Morgan fingerprint density at radius 1 is 1.33 bits per heavy atom. The summed E-state index contributed by atoms with van der Waals surface area (Å²) in [6.07, 6.45) is 0. The van der Waals surface area contributed by atoms with E-state index in [1.54, 1.807) is 12.1 Å². The van der Waals surface area contributed by atoms with Crippen LogP contribution in [0.1, 0.15) is 18.1 Å². The van der Waals surface area contributed by atoms with E-state index in [2.05, 4.69) is 11.8 Å². The topological polar surface area (TPSA) is 43.7 Å². The zero-order valence-electron chi connectivity index (χ0n) is 10.5. The van der Waals surface area contributed by atoms with E-state index >= 15 is 0 Å². The summed E-state index contributed by atoms with van der Waals surface area (Å²) in [5.74, 6) is 4.83. The Morgan fingerprint density at radius 3 is 2.67 bits per heavy atom. The lowest BCUT2D eigenvalue weighted by Crippen LogP contribution is -2.26. The van der Waals surface area contributed by atoms with Crippen LogP contribution in [-0.2, 0) is 6.54 Å². The number of hydrogen-bond donors (Lipinski definition) is 2. The molecule has 18 heavy (non-hydrogen) atoms. The van der Waals surface area contributed by atoms with Crippen LogP contribution in [0.25, 0.3) is 0 Å². The molecule has 1 aromatic carbocycles. The first-order chi connectivity index (χ1) is 8.71. The number of hydrogen-bond acceptors (Lipinski definition) is 3. The SMILES string of the molecule is CCN(CCO)Cc1ccc(C#CCO)cc1F. The molecule has 0 radical (unpaired) electrons. The molecule has 0 bridgehead atoms. The summed E-state index contributed by atoms with van der Waals surface area (Å²) in [7, 11) is 0. The normalized spacial score (nSPS) is 10.3. The van der Waals surface area contributed by atoms with Crippen molar-refractivity contribution in [2.75, 3.05) is 26.3 Å². The second-order valence-corrected chi connectivity index (χ2v) is 3.86. The van der Waals surface area contributed by atoms with Gasteiger partial charge in [-0.25, -0.2) is 4.39 Å². The van der Waals surface area contributed by atoms with Gasteiger partial charge in [-0.15, -0.1) is 0 Å². The van der Waals surface area contributed by atoms with Crippen LogP contribution in [0.2, 0.25) is 0 Å². The number of aliphatic hydroxyl groups is 2. The smallest absolute Gasteiger partial charge is 0.128 e. The quantitative estimate of drug-likeness (QED) is 0.767. The third-order valence-corrected chi connectivity index (χ3v) is 2.62. The van der Waals surface area contributed by atoms with E-state index in [1.165, 1.54) is 6.07 Å². The van der Waals surface area contributed by atoms with Crippen molar-refractivity contribution in [3.8, 4) is 11.8 Å². The first-order valence-corrected chi connectivity index (χ1v) is 5.92. The van der Waals surface area contributed by atoms with Crippen LogP contribution in [0.15, 0.2) is 18.2 Å². The highest BCUT2D eigenvalue weighted by Gasteiger charge is 2.07. The fraction of sp³-hybridized carbons (Fsp3) is 0.429. The van der Waals surface area contributed by atoms with E-state index in [0.29, 0.717) is 24.2 Å². The van der Waals surface area contributed by atoms with Gasteiger partial charge in [-0.3, -0.25) is 4.90 Å². The van der Waals surface area contributed by atoms with Gasteiger partial charge in [0.05, 0.1) is 6.61 Å². The Labute approximate surface area is 107 Å². The molecular weight excluding hydrogens is 233 g/mol. The van der Waals surface area contributed by atoms with Gasteiger partial charge in [0.1, 0.15) is 12.4 Å². The molecule has 0 aromatic heterocycles. The standard InChI is InChI=1S/C14H18FNO2/c1-2-16(7-9-18)11-13-6-5-12(4-3-8-17)10-14(13)15/h5-6,10,17-18H,2,7-9,11H2,1H3. The molecule has 0 spiro atoms. The Kier molecular flexibility index (Phi) is 6.37. The molecule has 1 aromatic rings. The monoisotopic (exact) mass is 251 g/mol. The van der Waals surface area contributed by atoms with E-state index in [4.69, 9.17) is 10.2 Å². The minimum absolute atomic E-state index is 0.0650. The molecular formula is C14H18FNO2. The maximum Gasteiger partial charge on any atom is 0.128 e. The van der Waals surface area contributed by atoms with Crippen LogP contribution in [0.4, 0.5) is 4.39 Å². The number of likely N-dealkylation sites (N-methyl/N-ethyl adjacent to an activating group) is 1. The maximum atomic E-state index is 13.8. The zero-order valence-corrected chi connectivity index (χ0v) is 10.5. The molecule has 2 N–H and O–H groups in total. The summed E-state index contributed by atoms with van der Waals surface area (Å²) in [4.78, 5) is 1.96. The average molecular weight is 251 g/mol. The Hall–Kier alpha value is -1.41. The van der Waals surface area contributed by atoms with Crippen molar-refractivity contribution < 1.29 is 14.6 Å². The fourth-order valence-electron chi connectivity index (χ4n) is 1.63. The van der Waals surface area contributed by atoms with Crippen LogP contribution in [0.5, 0.6) is 0 Å². The minimum atomic E-state index is -0.309. The van der Waals surface area contributed by atoms with E-state index in [0.717, 1.165) is 6.54 Å². The molecule has 0 saturated carbocycles. The summed E-state index contributed by atoms with van der Waals surface area (Å²) in [6, 6.07) is 4.79. The zero-order chi connectivity index (χ0) is 13.4. The Balaban J connectivity index is 2.78. The Bertz CT molecular complexity index is 437. The highest BCUT2D eigenvalue weighted by Crippen LogP contribution is 2.12. The van der Waals surface area contributed by atoms with Crippen LogP contribution in [-0.4, -0.2) is 41.4 Å². The van der Waals surface area contributed by atoms with Crippen molar-refractivity contribution in [1.82, 2.24) is 4.90 Å². The highest BCUT2D eigenvalue weighted by atomic mass is 19.1. The van der Waals surface area contributed by atoms with E-state index in [1.807, 2.05) is 11.8 Å². The summed E-state index contributed by atoms with van der Waals surface area (Å²) in [5, 5.41) is 17.4. The second kappa shape index (κ2) is 7.83. The molecule has 0 aliphatic carbocycles. The number of nitrogens with zero attached hydrogens (tertiary/aromatic N) is 1.